The topological polar surface area (TPSA) is 12.0 Å². The van der Waals surface area contributed by atoms with E-state index in [9.17, 15) is 0 Å². The van der Waals surface area contributed by atoms with Gasteiger partial charge in [-0.3, -0.25) is 0 Å². The molecule has 2 saturated carbocycles. The molecule has 1 nitrogen and oxygen atoms in total. The molecule has 2 aliphatic rings. The van der Waals surface area contributed by atoms with Crippen LogP contribution in [0.5, 0.6) is 0 Å². The van der Waals surface area contributed by atoms with Gasteiger partial charge in [0.2, 0.25) is 0 Å². The van der Waals surface area contributed by atoms with E-state index in [-0.39, 0.29) is 12.4 Å². The molecule has 1 spiro atoms. The fraction of sp³-hybridized carbons (Fsp3) is 0.571. The van der Waals surface area contributed by atoms with Gasteiger partial charge in [0.25, 0.3) is 0 Å². The highest BCUT2D eigenvalue weighted by molar-refractivity contribution is 5.85. The molecule has 0 unspecified atom stereocenters. The molecule has 0 atom stereocenters. The summed E-state index contributed by atoms with van der Waals surface area (Å²) in [5, 5.41) is 3.38. The number of hydrogen-bond donors (Lipinski definition) is 1. The van der Waals surface area contributed by atoms with Gasteiger partial charge in [-0.15, -0.1) is 12.4 Å². The molecule has 0 saturated heterocycles. The zero-order chi connectivity index (χ0) is 10.3. The van der Waals surface area contributed by atoms with Gasteiger partial charge in [-0.05, 0) is 49.6 Å². The summed E-state index contributed by atoms with van der Waals surface area (Å²) in [6, 6.07) is 11.8. The van der Waals surface area contributed by atoms with Crippen molar-refractivity contribution in [1.29, 1.82) is 0 Å². The van der Waals surface area contributed by atoms with E-state index in [0.717, 1.165) is 17.4 Å². The molecule has 3 rings (SSSR count). The molecular formula is C14H20ClN. The minimum absolute atomic E-state index is 0. The Hall–Kier alpha value is -0.530. The van der Waals surface area contributed by atoms with Crippen LogP contribution in [-0.2, 0) is 0 Å². The standard InChI is InChI=1S/C14H19N.ClH/c1-15-13-9-14(10-13)7-12(8-14)11-5-3-2-4-6-11;/h2-6,12-13,15H,7-10H2,1H3;1H. The lowest BCUT2D eigenvalue weighted by Crippen LogP contribution is -2.53. The zero-order valence-electron chi connectivity index (χ0n) is 9.78. The SMILES string of the molecule is CNC1CC2(C1)CC(c1ccccc1)C2.Cl. The van der Waals surface area contributed by atoms with Crippen LogP contribution in [0.15, 0.2) is 30.3 Å². The van der Waals surface area contributed by atoms with Gasteiger partial charge in [0.05, 0.1) is 0 Å². The molecule has 0 aromatic heterocycles. The largest absolute Gasteiger partial charge is 0.317 e. The normalized spacial score (nSPS) is 36.1. The van der Waals surface area contributed by atoms with Crippen molar-refractivity contribution in [3.8, 4) is 0 Å². The second-order valence-electron chi connectivity index (χ2n) is 5.41. The molecule has 2 fully saturated rings. The van der Waals surface area contributed by atoms with Gasteiger partial charge < -0.3 is 5.32 Å². The van der Waals surface area contributed by atoms with E-state index >= 15 is 0 Å². The van der Waals surface area contributed by atoms with E-state index < -0.39 is 0 Å². The van der Waals surface area contributed by atoms with E-state index in [1.54, 1.807) is 5.56 Å². The molecule has 88 valence electrons. The number of nitrogens with one attached hydrogen (secondary N) is 1. The Morgan fingerprint density at radius 1 is 1.06 bits per heavy atom. The molecule has 1 N–H and O–H groups in total. The Morgan fingerprint density at radius 2 is 1.69 bits per heavy atom. The smallest absolute Gasteiger partial charge is 0.00746 e. The van der Waals surface area contributed by atoms with Crippen LogP contribution >= 0.6 is 12.4 Å². The van der Waals surface area contributed by atoms with Gasteiger partial charge in [0.1, 0.15) is 0 Å². The van der Waals surface area contributed by atoms with Crippen LogP contribution in [0.25, 0.3) is 0 Å². The van der Waals surface area contributed by atoms with Crippen LogP contribution in [0.4, 0.5) is 0 Å². The quantitative estimate of drug-likeness (QED) is 0.832. The van der Waals surface area contributed by atoms with Gasteiger partial charge >= 0.3 is 0 Å². The van der Waals surface area contributed by atoms with Crippen molar-refractivity contribution in [1.82, 2.24) is 5.32 Å². The minimum atomic E-state index is 0. The van der Waals surface area contributed by atoms with Gasteiger partial charge in [-0.2, -0.15) is 0 Å². The summed E-state index contributed by atoms with van der Waals surface area (Å²) in [7, 11) is 2.09. The third-order valence-corrected chi connectivity index (χ3v) is 4.40. The molecule has 0 amide bonds. The number of benzene rings is 1. The summed E-state index contributed by atoms with van der Waals surface area (Å²) in [5.41, 5.74) is 2.28. The first-order valence-electron chi connectivity index (χ1n) is 6.04. The van der Waals surface area contributed by atoms with Gasteiger partial charge in [0.15, 0.2) is 0 Å². The fourth-order valence-corrected chi connectivity index (χ4v) is 3.47. The predicted molar refractivity (Wildman–Crippen MR) is 70.2 cm³/mol. The molecule has 1 aromatic rings. The summed E-state index contributed by atoms with van der Waals surface area (Å²) in [4.78, 5) is 0. The van der Waals surface area contributed by atoms with E-state index in [4.69, 9.17) is 0 Å². The third kappa shape index (κ3) is 1.87. The molecule has 16 heavy (non-hydrogen) atoms. The lowest BCUT2D eigenvalue weighted by molar-refractivity contribution is -0.0183. The van der Waals surface area contributed by atoms with E-state index in [2.05, 4.69) is 42.7 Å². The second-order valence-corrected chi connectivity index (χ2v) is 5.41. The summed E-state index contributed by atoms with van der Waals surface area (Å²) in [5.74, 6) is 0.851. The van der Waals surface area contributed by atoms with E-state index in [1.807, 2.05) is 0 Å². The Morgan fingerprint density at radius 3 is 2.25 bits per heavy atom. The van der Waals surface area contributed by atoms with Crippen molar-refractivity contribution in [2.75, 3.05) is 7.05 Å². The first kappa shape index (κ1) is 11.9. The summed E-state index contributed by atoms with van der Waals surface area (Å²) in [6.07, 6.45) is 5.67. The van der Waals surface area contributed by atoms with Crippen LogP contribution in [0.3, 0.4) is 0 Å². The predicted octanol–water partition coefficient (Wildman–Crippen LogP) is 3.35. The molecule has 2 aliphatic carbocycles. The highest BCUT2D eigenvalue weighted by Gasteiger charge is 2.52. The van der Waals surface area contributed by atoms with Crippen LogP contribution in [0, 0.1) is 5.41 Å². The molecule has 1 aromatic carbocycles. The molecule has 0 radical (unpaired) electrons. The maximum absolute atomic E-state index is 3.38. The van der Waals surface area contributed by atoms with Crippen LogP contribution < -0.4 is 5.32 Å². The number of hydrogen-bond acceptors (Lipinski definition) is 1. The minimum Gasteiger partial charge on any atom is -0.317 e. The second kappa shape index (κ2) is 4.38. The van der Waals surface area contributed by atoms with Crippen molar-refractivity contribution in [2.24, 2.45) is 5.41 Å². The van der Waals surface area contributed by atoms with Gasteiger partial charge in [0, 0.05) is 6.04 Å². The summed E-state index contributed by atoms with van der Waals surface area (Å²) in [6.45, 7) is 0. The Balaban J connectivity index is 0.000000963. The molecule has 2 heteroatoms. The average molecular weight is 238 g/mol. The van der Waals surface area contributed by atoms with Crippen molar-refractivity contribution in [3.05, 3.63) is 35.9 Å². The van der Waals surface area contributed by atoms with Gasteiger partial charge in [-0.1, -0.05) is 30.3 Å². The third-order valence-electron chi connectivity index (χ3n) is 4.40. The monoisotopic (exact) mass is 237 g/mol. The van der Waals surface area contributed by atoms with E-state index in [0.29, 0.717) is 0 Å². The van der Waals surface area contributed by atoms with Crippen molar-refractivity contribution in [2.45, 2.75) is 37.6 Å². The maximum atomic E-state index is 3.38. The van der Waals surface area contributed by atoms with Crippen molar-refractivity contribution >= 4 is 12.4 Å². The highest BCUT2D eigenvalue weighted by atomic mass is 35.5. The lowest BCUT2D eigenvalue weighted by Gasteiger charge is -2.58. The van der Waals surface area contributed by atoms with Crippen molar-refractivity contribution < 1.29 is 0 Å². The van der Waals surface area contributed by atoms with Crippen LogP contribution in [0.1, 0.15) is 37.2 Å². The van der Waals surface area contributed by atoms with Crippen molar-refractivity contribution in [3.63, 3.8) is 0 Å². The molecule has 0 heterocycles. The van der Waals surface area contributed by atoms with Crippen LogP contribution in [-0.4, -0.2) is 13.1 Å². The maximum Gasteiger partial charge on any atom is 0.00746 e. The summed E-state index contributed by atoms with van der Waals surface area (Å²) >= 11 is 0. The summed E-state index contributed by atoms with van der Waals surface area (Å²) < 4.78 is 0. The van der Waals surface area contributed by atoms with Gasteiger partial charge in [-0.25, -0.2) is 0 Å². The molecular weight excluding hydrogens is 218 g/mol. The highest BCUT2D eigenvalue weighted by Crippen LogP contribution is 2.61. The molecule has 0 bridgehead atoms. The Kier molecular flexibility index (Phi) is 3.27. The Labute approximate surface area is 104 Å². The Bertz CT molecular complexity index is 335. The first-order valence-corrected chi connectivity index (χ1v) is 6.04. The molecule has 0 aliphatic heterocycles. The van der Waals surface area contributed by atoms with E-state index in [1.165, 1.54) is 25.7 Å². The zero-order valence-corrected chi connectivity index (χ0v) is 10.6. The lowest BCUT2D eigenvalue weighted by atomic mass is 9.49. The average Bonchev–Trinajstić information content (AvgIpc) is 2.16. The fourth-order valence-electron chi connectivity index (χ4n) is 3.47. The number of halogens is 1. The first-order chi connectivity index (χ1) is 7.31. The number of rotatable bonds is 2. The van der Waals surface area contributed by atoms with Crippen LogP contribution in [0.2, 0.25) is 0 Å².